The molecule has 7 heteroatoms. The van der Waals surface area contributed by atoms with E-state index in [0.717, 1.165) is 19.4 Å². The van der Waals surface area contributed by atoms with Crippen LogP contribution in [0.15, 0.2) is 0 Å². The minimum atomic E-state index is -3.13. The van der Waals surface area contributed by atoms with Crippen molar-refractivity contribution in [3.8, 4) is 0 Å². The minimum Gasteiger partial charge on any atom is -0.355 e. The number of nitrogens with one attached hydrogen (secondary N) is 3. The predicted molar refractivity (Wildman–Crippen MR) is 63.9 cm³/mol. The van der Waals surface area contributed by atoms with E-state index in [1.54, 1.807) is 0 Å². The number of hydrogen-bond acceptors (Lipinski definition) is 4. The van der Waals surface area contributed by atoms with Gasteiger partial charge in [0.2, 0.25) is 15.9 Å². The van der Waals surface area contributed by atoms with Crippen molar-refractivity contribution in [2.45, 2.75) is 25.3 Å². The van der Waals surface area contributed by atoms with Crippen LogP contribution in [0.3, 0.4) is 0 Å². The molecule has 2 saturated heterocycles. The van der Waals surface area contributed by atoms with E-state index < -0.39 is 10.0 Å². The van der Waals surface area contributed by atoms with Gasteiger partial charge in [-0.25, -0.2) is 13.1 Å². The largest absolute Gasteiger partial charge is 0.355 e. The van der Waals surface area contributed by atoms with Crippen LogP contribution in [0.25, 0.3) is 0 Å². The molecule has 17 heavy (non-hydrogen) atoms. The van der Waals surface area contributed by atoms with E-state index in [4.69, 9.17) is 0 Å². The van der Waals surface area contributed by atoms with Crippen LogP contribution in [0.1, 0.15) is 19.3 Å². The SMILES string of the molecule is O=C1NCCCNC1C1CCCS(=O)(=O)NC1. The molecule has 0 aromatic carbocycles. The van der Waals surface area contributed by atoms with Crippen molar-refractivity contribution in [3.63, 3.8) is 0 Å². The summed E-state index contributed by atoms with van der Waals surface area (Å²) in [6.07, 6.45) is 2.30. The molecular formula is C10H19N3O3S. The van der Waals surface area contributed by atoms with Gasteiger partial charge in [0.05, 0.1) is 11.8 Å². The first kappa shape index (κ1) is 12.8. The Kier molecular flexibility index (Phi) is 4.01. The van der Waals surface area contributed by atoms with E-state index in [1.807, 2.05) is 0 Å². The Bertz CT molecular complexity index is 382. The number of amides is 1. The minimum absolute atomic E-state index is 0.00593. The Balaban J connectivity index is 2.03. The van der Waals surface area contributed by atoms with E-state index in [-0.39, 0.29) is 23.6 Å². The van der Waals surface area contributed by atoms with Gasteiger partial charge in [0.1, 0.15) is 0 Å². The molecular weight excluding hydrogens is 242 g/mol. The molecule has 98 valence electrons. The van der Waals surface area contributed by atoms with Gasteiger partial charge in [-0.3, -0.25) is 4.79 Å². The fraction of sp³-hybridized carbons (Fsp3) is 0.900. The van der Waals surface area contributed by atoms with E-state index in [2.05, 4.69) is 15.4 Å². The topological polar surface area (TPSA) is 87.3 Å². The van der Waals surface area contributed by atoms with Crippen molar-refractivity contribution in [1.82, 2.24) is 15.4 Å². The van der Waals surface area contributed by atoms with Crippen LogP contribution in [0.4, 0.5) is 0 Å². The molecule has 0 aliphatic carbocycles. The summed E-state index contributed by atoms with van der Waals surface area (Å²) in [4.78, 5) is 11.8. The van der Waals surface area contributed by atoms with Crippen LogP contribution < -0.4 is 15.4 Å². The molecule has 2 fully saturated rings. The van der Waals surface area contributed by atoms with E-state index in [1.165, 1.54) is 0 Å². The maximum absolute atomic E-state index is 11.8. The molecule has 2 aliphatic heterocycles. The highest BCUT2D eigenvalue weighted by atomic mass is 32.2. The molecule has 6 nitrogen and oxygen atoms in total. The first-order valence-electron chi connectivity index (χ1n) is 6.07. The van der Waals surface area contributed by atoms with E-state index in [9.17, 15) is 13.2 Å². The Morgan fingerprint density at radius 3 is 2.82 bits per heavy atom. The molecule has 0 bridgehead atoms. The number of hydrogen-bond donors (Lipinski definition) is 3. The summed E-state index contributed by atoms with van der Waals surface area (Å²) < 4.78 is 25.4. The van der Waals surface area contributed by atoms with Crippen molar-refractivity contribution in [1.29, 1.82) is 0 Å². The van der Waals surface area contributed by atoms with Gasteiger partial charge in [-0.2, -0.15) is 0 Å². The molecule has 2 unspecified atom stereocenters. The molecule has 0 spiro atoms. The molecule has 2 aliphatic rings. The summed E-state index contributed by atoms with van der Waals surface area (Å²) in [7, 11) is -3.13. The number of rotatable bonds is 1. The number of carbonyl (C=O) groups excluding carboxylic acids is 1. The van der Waals surface area contributed by atoms with Crippen molar-refractivity contribution in [3.05, 3.63) is 0 Å². The fourth-order valence-electron chi connectivity index (χ4n) is 2.37. The van der Waals surface area contributed by atoms with Crippen LogP contribution in [0.2, 0.25) is 0 Å². The molecule has 0 saturated carbocycles. The summed E-state index contributed by atoms with van der Waals surface area (Å²) in [5.41, 5.74) is 0. The maximum Gasteiger partial charge on any atom is 0.237 e. The number of carbonyl (C=O) groups is 1. The molecule has 3 N–H and O–H groups in total. The summed E-state index contributed by atoms with van der Waals surface area (Å²) in [6, 6.07) is -0.265. The predicted octanol–water partition coefficient (Wildman–Crippen LogP) is -1.21. The van der Waals surface area contributed by atoms with Crippen molar-refractivity contribution in [2.24, 2.45) is 5.92 Å². The lowest BCUT2D eigenvalue weighted by Gasteiger charge is -2.23. The Morgan fingerprint density at radius 2 is 2.00 bits per heavy atom. The average Bonchev–Trinajstić information content (AvgIpc) is 2.57. The van der Waals surface area contributed by atoms with Crippen LogP contribution in [0, 0.1) is 5.92 Å². The van der Waals surface area contributed by atoms with Crippen molar-refractivity contribution < 1.29 is 13.2 Å². The second-order valence-electron chi connectivity index (χ2n) is 4.65. The lowest BCUT2D eigenvalue weighted by Crippen LogP contribution is -2.49. The van der Waals surface area contributed by atoms with Gasteiger partial charge in [-0.05, 0) is 31.7 Å². The zero-order chi connectivity index (χ0) is 12.3. The zero-order valence-corrected chi connectivity index (χ0v) is 10.6. The summed E-state index contributed by atoms with van der Waals surface area (Å²) in [6.45, 7) is 1.85. The Labute approximate surface area is 102 Å². The monoisotopic (exact) mass is 261 g/mol. The first-order valence-corrected chi connectivity index (χ1v) is 7.72. The molecule has 2 atom stereocenters. The lowest BCUT2D eigenvalue weighted by atomic mass is 9.94. The number of sulfonamides is 1. The van der Waals surface area contributed by atoms with Gasteiger partial charge in [-0.15, -0.1) is 0 Å². The van der Waals surface area contributed by atoms with Crippen LogP contribution in [0.5, 0.6) is 0 Å². The summed E-state index contributed by atoms with van der Waals surface area (Å²) in [5, 5.41) is 6.06. The summed E-state index contributed by atoms with van der Waals surface area (Å²) >= 11 is 0. The van der Waals surface area contributed by atoms with Crippen LogP contribution >= 0.6 is 0 Å². The molecule has 0 aromatic rings. The molecule has 2 rings (SSSR count). The van der Waals surface area contributed by atoms with Gasteiger partial charge in [0.25, 0.3) is 0 Å². The smallest absolute Gasteiger partial charge is 0.237 e. The fourth-order valence-corrected chi connectivity index (χ4v) is 3.53. The van der Waals surface area contributed by atoms with Crippen LogP contribution in [-0.4, -0.2) is 45.8 Å². The highest BCUT2D eigenvalue weighted by Crippen LogP contribution is 2.16. The average molecular weight is 261 g/mol. The second-order valence-corrected chi connectivity index (χ2v) is 6.57. The highest BCUT2D eigenvalue weighted by molar-refractivity contribution is 7.89. The maximum atomic E-state index is 11.8. The van der Waals surface area contributed by atoms with Crippen molar-refractivity contribution >= 4 is 15.9 Å². The molecule has 0 radical (unpaired) electrons. The Morgan fingerprint density at radius 1 is 1.18 bits per heavy atom. The lowest BCUT2D eigenvalue weighted by molar-refractivity contribution is -0.123. The van der Waals surface area contributed by atoms with Gasteiger partial charge < -0.3 is 10.6 Å². The summed E-state index contributed by atoms with van der Waals surface area (Å²) in [5.74, 6) is 0.205. The van der Waals surface area contributed by atoms with Gasteiger partial charge in [0, 0.05) is 13.1 Å². The van der Waals surface area contributed by atoms with Crippen LogP contribution in [-0.2, 0) is 14.8 Å². The first-order chi connectivity index (χ1) is 8.08. The van der Waals surface area contributed by atoms with E-state index >= 15 is 0 Å². The second kappa shape index (κ2) is 5.32. The van der Waals surface area contributed by atoms with Crippen molar-refractivity contribution in [2.75, 3.05) is 25.4 Å². The van der Waals surface area contributed by atoms with E-state index in [0.29, 0.717) is 19.5 Å². The third-order valence-electron chi connectivity index (χ3n) is 3.32. The Hall–Kier alpha value is -0.660. The molecule has 2 heterocycles. The third-order valence-corrected chi connectivity index (χ3v) is 4.76. The third kappa shape index (κ3) is 3.40. The molecule has 1 amide bonds. The quantitative estimate of drug-likeness (QED) is 0.553. The standard InChI is InChI=1S/C10H19N3O3S/c14-10-9(11-4-2-5-12-10)8-3-1-6-17(15,16)13-7-8/h8-9,11,13H,1-7H2,(H,12,14). The molecule has 0 aromatic heterocycles. The normalized spacial score (nSPS) is 34.5. The highest BCUT2D eigenvalue weighted by Gasteiger charge is 2.31. The van der Waals surface area contributed by atoms with Gasteiger partial charge in [-0.1, -0.05) is 0 Å². The van der Waals surface area contributed by atoms with Gasteiger partial charge >= 0.3 is 0 Å². The van der Waals surface area contributed by atoms with Gasteiger partial charge in [0.15, 0.2) is 0 Å². The zero-order valence-electron chi connectivity index (χ0n) is 9.74.